The third kappa shape index (κ3) is 4.19. The fourth-order valence-electron chi connectivity index (χ4n) is 3.59. The van der Waals surface area contributed by atoms with Crippen molar-refractivity contribution < 1.29 is 10.2 Å². The van der Waals surface area contributed by atoms with E-state index < -0.39 is 0 Å². The molecule has 2 aromatic rings. The van der Waals surface area contributed by atoms with Gasteiger partial charge in [0.15, 0.2) is 0 Å². The van der Waals surface area contributed by atoms with Crippen molar-refractivity contribution in [2.75, 3.05) is 0 Å². The minimum Gasteiger partial charge on any atom is -0.508 e. The van der Waals surface area contributed by atoms with Crippen LogP contribution in [0.3, 0.4) is 0 Å². The van der Waals surface area contributed by atoms with E-state index in [9.17, 15) is 10.2 Å². The molecule has 0 fully saturated rings. The van der Waals surface area contributed by atoms with Crippen molar-refractivity contribution in [2.45, 2.75) is 51.9 Å². The van der Waals surface area contributed by atoms with Crippen molar-refractivity contribution >= 4 is 11.1 Å². The largest absolute Gasteiger partial charge is 0.508 e. The number of rotatable bonds is 6. The zero-order valence-electron chi connectivity index (χ0n) is 15.7. The van der Waals surface area contributed by atoms with E-state index in [1.807, 2.05) is 24.3 Å². The highest BCUT2D eigenvalue weighted by Crippen LogP contribution is 2.35. The normalized spacial score (nSPS) is 15.3. The lowest BCUT2D eigenvalue weighted by Gasteiger charge is -2.18. The van der Waals surface area contributed by atoms with Crippen molar-refractivity contribution in [3.8, 4) is 11.5 Å². The second kappa shape index (κ2) is 8.27. The molecule has 1 aliphatic carbocycles. The molecular weight excluding hydrogens is 320 g/mol. The molecule has 3 rings (SSSR count). The van der Waals surface area contributed by atoms with E-state index in [0.717, 1.165) is 30.4 Å². The van der Waals surface area contributed by atoms with Gasteiger partial charge in [-0.05, 0) is 77.3 Å². The summed E-state index contributed by atoms with van der Waals surface area (Å²) in [6.45, 7) is 4.40. The van der Waals surface area contributed by atoms with Crippen LogP contribution in [0.2, 0.25) is 0 Å². The highest BCUT2D eigenvalue weighted by molar-refractivity contribution is 5.78. The first-order valence-electron chi connectivity index (χ1n) is 9.59. The summed E-state index contributed by atoms with van der Waals surface area (Å²) >= 11 is 0. The Kier molecular flexibility index (Phi) is 5.82. The van der Waals surface area contributed by atoms with Crippen molar-refractivity contribution in [3.63, 3.8) is 0 Å². The smallest absolute Gasteiger partial charge is 0.119 e. The summed E-state index contributed by atoms with van der Waals surface area (Å²) in [6.07, 6.45) is 9.82. The molecule has 0 saturated carbocycles. The van der Waals surface area contributed by atoms with Gasteiger partial charge in [0.2, 0.25) is 0 Å². The Labute approximate surface area is 156 Å². The monoisotopic (exact) mass is 348 g/mol. The number of hydrogen-bond acceptors (Lipinski definition) is 2. The number of benzene rings is 2. The molecule has 0 saturated heterocycles. The Hall–Kier alpha value is -2.48. The summed E-state index contributed by atoms with van der Waals surface area (Å²) in [5.41, 5.74) is 6.05. The fraction of sp³-hybridized carbons (Fsp3) is 0.333. The van der Waals surface area contributed by atoms with Gasteiger partial charge in [-0.25, -0.2) is 0 Å². The summed E-state index contributed by atoms with van der Waals surface area (Å²) in [4.78, 5) is 0. The van der Waals surface area contributed by atoms with Gasteiger partial charge < -0.3 is 10.2 Å². The van der Waals surface area contributed by atoms with Gasteiger partial charge in [0.1, 0.15) is 11.5 Å². The molecule has 1 atom stereocenters. The molecular formula is C24H28O2. The maximum Gasteiger partial charge on any atom is 0.119 e. The van der Waals surface area contributed by atoms with Crippen LogP contribution in [0.5, 0.6) is 11.5 Å². The van der Waals surface area contributed by atoms with E-state index in [-0.39, 0.29) is 0 Å². The predicted molar refractivity (Wildman–Crippen MR) is 109 cm³/mol. The topological polar surface area (TPSA) is 40.5 Å². The van der Waals surface area contributed by atoms with Gasteiger partial charge in [0.25, 0.3) is 0 Å². The van der Waals surface area contributed by atoms with E-state index >= 15 is 0 Å². The summed E-state index contributed by atoms with van der Waals surface area (Å²) in [6, 6.07) is 13.4. The molecule has 2 heteroatoms. The van der Waals surface area contributed by atoms with Crippen LogP contribution in [-0.2, 0) is 0 Å². The standard InChI is InChI=1S/C24H28O2/c1-3-4-5-17(2)23-16-21(12-15-24(23)26)20-8-6-18(7-9-20)19-10-13-22(25)14-11-19/h6,9-17,25-26H,3-5,7-8H2,1-2H3. The molecule has 2 N–H and O–H groups in total. The molecule has 26 heavy (non-hydrogen) atoms. The molecule has 2 nitrogen and oxygen atoms in total. The number of phenolic OH excluding ortho intramolecular Hbond substituents is 2. The summed E-state index contributed by atoms with van der Waals surface area (Å²) < 4.78 is 0. The average Bonchev–Trinajstić information content (AvgIpc) is 2.67. The van der Waals surface area contributed by atoms with Gasteiger partial charge in [-0.2, -0.15) is 0 Å². The van der Waals surface area contributed by atoms with E-state index in [1.165, 1.54) is 29.6 Å². The van der Waals surface area contributed by atoms with Crippen LogP contribution in [-0.4, -0.2) is 10.2 Å². The first-order valence-corrected chi connectivity index (χ1v) is 9.59. The highest BCUT2D eigenvalue weighted by atomic mass is 16.3. The molecule has 136 valence electrons. The quantitative estimate of drug-likeness (QED) is 0.613. The van der Waals surface area contributed by atoms with Crippen LogP contribution in [0.1, 0.15) is 68.6 Å². The fourth-order valence-corrected chi connectivity index (χ4v) is 3.59. The summed E-state index contributed by atoms with van der Waals surface area (Å²) in [7, 11) is 0. The van der Waals surface area contributed by atoms with Gasteiger partial charge in [0, 0.05) is 0 Å². The number of phenols is 2. The van der Waals surface area contributed by atoms with Crippen LogP contribution in [0.4, 0.5) is 0 Å². The first-order chi connectivity index (χ1) is 12.6. The maximum atomic E-state index is 10.3. The molecule has 1 aliphatic rings. The molecule has 0 spiro atoms. The lowest BCUT2D eigenvalue weighted by molar-refractivity contribution is 0.459. The van der Waals surface area contributed by atoms with Gasteiger partial charge >= 0.3 is 0 Å². The molecule has 0 bridgehead atoms. The number of aromatic hydroxyl groups is 2. The van der Waals surface area contributed by atoms with Crippen LogP contribution in [0, 0.1) is 0 Å². The number of unbranched alkanes of at least 4 members (excludes halogenated alkanes) is 1. The van der Waals surface area contributed by atoms with E-state index in [1.54, 1.807) is 12.1 Å². The van der Waals surface area contributed by atoms with Crippen molar-refractivity contribution in [1.82, 2.24) is 0 Å². The van der Waals surface area contributed by atoms with Crippen LogP contribution >= 0.6 is 0 Å². The first kappa shape index (κ1) is 18.3. The molecule has 2 aromatic carbocycles. The van der Waals surface area contributed by atoms with Gasteiger partial charge in [0.05, 0.1) is 0 Å². The highest BCUT2D eigenvalue weighted by Gasteiger charge is 2.14. The minimum atomic E-state index is 0.301. The summed E-state index contributed by atoms with van der Waals surface area (Å²) in [5.74, 6) is 1.09. The molecule has 0 aliphatic heterocycles. The zero-order chi connectivity index (χ0) is 18.5. The molecule has 0 amide bonds. The van der Waals surface area contributed by atoms with E-state index in [4.69, 9.17) is 0 Å². The predicted octanol–water partition coefficient (Wildman–Crippen LogP) is 6.65. The number of hydrogen-bond donors (Lipinski definition) is 2. The van der Waals surface area contributed by atoms with Crippen LogP contribution < -0.4 is 0 Å². The van der Waals surface area contributed by atoms with Crippen molar-refractivity contribution in [3.05, 3.63) is 71.3 Å². The van der Waals surface area contributed by atoms with Crippen LogP contribution in [0.15, 0.2) is 54.6 Å². The Morgan fingerprint density at radius 1 is 0.885 bits per heavy atom. The third-order valence-corrected chi connectivity index (χ3v) is 5.29. The van der Waals surface area contributed by atoms with E-state index in [2.05, 4.69) is 32.1 Å². The average molecular weight is 348 g/mol. The van der Waals surface area contributed by atoms with Gasteiger partial charge in [-0.15, -0.1) is 0 Å². The van der Waals surface area contributed by atoms with Crippen molar-refractivity contribution in [1.29, 1.82) is 0 Å². The summed E-state index contributed by atoms with van der Waals surface area (Å²) in [5, 5.41) is 19.7. The molecule has 0 heterocycles. The Balaban J connectivity index is 1.75. The maximum absolute atomic E-state index is 10.3. The lowest BCUT2D eigenvalue weighted by Crippen LogP contribution is -1.98. The van der Waals surface area contributed by atoms with E-state index in [0.29, 0.717) is 17.4 Å². The van der Waals surface area contributed by atoms with Crippen LogP contribution in [0.25, 0.3) is 11.1 Å². The molecule has 0 radical (unpaired) electrons. The Morgan fingerprint density at radius 2 is 1.50 bits per heavy atom. The van der Waals surface area contributed by atoms with Crippen molar-refractivity contribution in [2.24, 2.45) is 0 Å². The molecule has 0 aromatic heterocycles. The lowest BCUT2D eigenvalue weighted by atomic mass is 9.88. The van der Waals surface area contributed by atoms with Gasteiger partial charge in [-0.3, -0.25) is 0 Å². The second-order valence-corrected chi connectivity index (χ2v) is 7.23. The minimum absolute atomic E-state index is 0.301. The SMILES string of the molecule is CCCCC(C)c1cc(C2=CCC(c3ccc(O)cc3)=CC2)ccc1O. The number of allylic oxidation sites excluding steroid dienone is 4. The Morgan fingerprint density at radius 3 is 2.12 bits per heavy atom. The third-order valence-electron chi connectivity index (χ3n) is 5.29. The zero-order valence-corrected chi connectivity index (χ0v) is 15.7. The van der Waals surface area contributed by atoms with Gasteiger partial charge in [-0.1, -0.05) is 57.0 Å². The molecule has 1 unspecified atom stereocenters. The second-order valence-electron chi connectivity index (χ2n) is 7.23. The Bertz CT molecular complexity index is 813.